The third-order valence-electron chi connectivity index (χ3n) is 5.70. The van der Waals surface area contributed by atoms with E-state index in [1.54, 1.807) is 0 Å². The van der Waals surface area contributed by atoms with Gasteiger partial charge in [0.15, 0.2) is 0 Å². The largest absolute Gasteiger partial charge is 0.369 e. The molecule has 0 spiro atoms. The molecule has 0 bridgehead atoms. The Balaban J connectivity index is 1.29. The average molecular weight is 400 g/mol. The van der Waals surface area contributed by atoms with E-state index in [2.05, 4.69) is 58.4 Å². The molecule has 1 aliphatic heterocycles. The Labute approximate surface area is 179 Å². The normalized spacial score (nSPS) is 14.5. The van der Waals surface area contributed by atoms with Gasteiger partial charge in [0.1, 0.15) is 0 Å². The highest BCUT2D eigenvalue weighted by Crippen LogP contribution is 2.18. The third-order valence-corrected chi connectivity index (χ3v) is 5.70. The van der Waals surface area contributed by atoms with Crippen molar-refractivity contribution in [3.8, 4) is 0 Å². The van der Waals surface area contributed by atoms with E-state index in [1.807, 2.05) is 43.3 Å². The van der Waals surface area contributed by atoms with Crippen LogP contribution in [0.2, 0.25) is 0 Å². The fourth-order valence-corrected chi connectivity index (χ4v) is 3.78. The number of nitrogens with zero attached hydrogens (tertiary/aromatic N) is 2. The SMILES string of the molecule is Cc1ccc(NC(=O)c2ccc(CN3CCN(c4ccc(C)cc4)CC3)cc2)cc1. The number of carbonyl (C=O) groups excluding carboxylic acids is 1. The van der Waals surface area contributed by atoms with Gasteiger partial charge < -0.3 is 10.2 Å². The van der Waals surface area contributed by atoms with Gasteiger partial charge in [-0.1, -0.05) is 47.5 Å². The summed E-state index contributed by atoms with van der Waals surface area (Å²) < 4.78 is 0. The lowest BCUT2D eigenvalue weighted by Gasteiger charge is -2.36. The monoisotopic (exact) mass is 399 g/mol. The van der Waals surface area contributed by atoms with Crippen LogP contribution in [0.15, 0.2) is 72.8 Å². The lowest BCUT2D eigenvalue weighted by atomic mass is 10.1. The lowest BCUT2D eigenvalue weighted by Crippen LogP contribution is -2.45. The number of rotatable bonds is 5. The quantitative estimate of drug-likeness (QED) is 0.664. The molecule has 3 aromatic rings. The minimum Gasteiger partial charge on any atom is -0.369 e. The predicted molar refractivity (Wildman–Crippen MR) is 124 cm³/mol. The van der Waals surface area contributed by atoms with Crippen LogP contribution in [-0.2, 0) is 6.54 Å². The van der Waals surface area contributed by atoms with Gasteiger partial charge in [-0.2, -0.15) is 0 Å². The Morgan fingerprint density at radius 1 is 0.767 bits per heavy atom. The Hall–Kier alpha value is -3.11. The molecule has 30 heavy (non-hydrogen) atoms. The number of carbonyl (C=O) groups is 1. The summed E-state index contributed by atoms with van der Waals surface area (Å²) in [6.07, 6.45) is 0. The molecule has 1 amide bonds. The van der Waals surface area contributed by atoms with Gasteiger partial charge in [-0.15, -0.1) is 0 Å². The van der Waals surface area contributed by atoms with Crippen molar-refractivity contribution in [2.24, 2.45) is 0 Å². The third kappa shape index (κ3) is 5.08. The number of piperazine rings is 1. The van der Waals surface area contributed by atoms with Crippen molar-refractivity contribution >= 4 is 17.3 Å². The van der Waals surface area contributed by atoms with Crippen molar-refractivity contribution in [3.63, 3.8) is 0 Å². The molecule has 1 heterocycles. The summed E-state index contributed by atoms with van der Waals surface area (Å²) in [6.45, 7) is 9.25. The van der Waals surface area contributed by atoms with E-state index in [0.29, 0.717) is 5.56 Å². The summed E-state index contributed by atoms with van der Waals surface area (Å²) in [5, 5.41) is 2.96. The molecule has 0 saturated carbocycles. The van der Waals surface area contributed by atoms with E-state index in [-0.39, 0.29) is 5.91 Å². The van der Waals surface area contributed by atoms with Crippen LogP contribution in [0, 0.1) is 13.8 Å². The van der Waals surface area contributed by atoms with Gasteiger partial charge in [-0.25, -0.2) is 0 Å². The molecule has 4 nitrogen and oxygen atoms in total. The first kappa shape index (κ1) is 20.2. The van der Waals surface area contributed by atoms with Crippen molar-refractivity contribution in [1.29, 1.82) is 0 Å². The molecule has 0 radical (unpaired) electrons. The zero-order valence-electron chi connectivity index (χ0n) is 17.8. The molecule has 4 heteroatoms. The summed E-state index contributed by atoms with van der Waals surface area (Å²) in [5.41, 5.74) is 6.53. The molecule has 0 atom stereocenters. The summed E-state index contributed by atoms with van der Waals surface area (Å²) in [7, 11) is 0. The molecule has 4 rings (SSSR count). The predicted octanol–water partition coefficient (Wildman–Crippen LogP) is 4.88. The number of hydrogen-bond acceptors (Lipinski definition) is 3. The maximum atomic E-state index is 12.5. The number of anilines is 2. The molecule has 1 saturated heterocycles. The van der Waals surface area contributed by atoms with E-state index in [4.69, 9.17) is 0 Å². The second kappa shape index (κ2) is 9.14. The highest BCUT2D eigenvalue weighted by molar-refractivity contribution is 6.04. The van der Waals surface area contributed by atoms with E-state index in [0.717, 1.165) is 38.4 Å². The number of aryl methyl sites for hydroxylation is 2. The van der Waals surface area contributed by atoms with Crippen molar-refractivity contribution < 1.29 is 4.79 Å². The van der Waals surface area contributed by atoms with Gasteiger partial charge in [0.2, 0.25) is 0 Å². The summed E-state index contributed by atoms with van der Waals surface area (Å²) in [6, 6.07) is 24.6. The van der Waals surface area contributed by atoms with Gasteiger partial charge in [0.05, 0.1) is 0 Å². The maximum Gasteiger partial charge on any atom is 0.255 e. The zero-order chi connectivity index (χ0) is 20.9. The number of benzene rings is 3. The molecule has 154 valence electrons. The Morgan fingerprint density at radius 2 is 1.33 bits per heavy atom. The minimum atomic E-state index is -0.0721. The molecule has 3 aromatic carbocycles. The number of amides is 1. The zero-order valence-corrected chi connectivity index (χ0v) is 17.8. The Kier molecular flexibility index (Phi) is 6.15. The maximum absolute atomic E-state index is 12.5. The number of nitrogens with one attached hydrogen (secondary N) is 1. The highest BCUT2D eigenvalue weighted by atomic mass is 16.1. The smallest absolute Gasteiger partial charge is 0.255 e. The average Bonchev–Trinajstić information content (AvgIpc) is 2.77. The van der Waals surface area contributed by atoms with Gasteiger partial charge >= 0.3 is 0 Å². The molecule has 0 unspecified atom stereocenters. The fraction of sp³-hybridized carbons (Fsp3) is 0.269. The van der Waals surface area contributed by atoms with E-state index in [1.165, 1.54) is 22.4 Å². The lowest BCUT2D eigenvalue weighted by molar-refractivity contribution is 0.102. The van der Waals surface area contributed by atoms with E-state index < -0.39 is 0 Å². The van der Waals surface area contributed by atoms with Crippen LogP contribution >= 0.6 is 0 Å². The van der Waals surface area contributed by atoms with Crippen LogP contribution in [0.4, 0.5) is 11.4 Å². The van der Waals surface area contributed by atoms with Crippen LogP contribution in [0.1, 0.15) is 27.0 Å². The molecule has 0 aromatic heterocycles. The van der Waals surface area contributed by atoms with Gasteiger partial charge in [0, 0.05) is 49.7 Å². The fourth-order valence-electron chi connectivity index (χ4n) is 3.78. The molecular weight excluding hydrogens is 370 g/mol. The molecule has 1 N–H and O–H groups in total. The van der Waals surface area contributed by atoms with Gasteiger partial charge in [-0.05, 0) is 55.8 Å². The van der Waals surface area contributed by atoms with E-state index >= 15 is 0 Å². The van der Waals surface area contributed by atoms with Crippen molar-refractivity contribution in [2.45, 2.75) is 20.4 Å². The second-order valence-corrected chi connectivity index (χ2v) is 8.12. The van der Waals surface area contributed by atoms with Crippen molar-refractivity contribution in [1.82, 2.24) is 4.90 Å². The van der Waals surface area contributed by atoms with E-state index in [9.17, 15) is 4.79 Å². The van der Waals surface area contributed by atoms with Crippen molar-refractivity contribution in [2.75, 3.05) is 36.4 Å². The first-order chi connectivity index (χ1) is 14.6. The van der Waals surface area contributed by atoms with Crippen molar-refractivity contribution in [3.05, 3.63) is 95.1 Å². The molecule has 1 aliphatic rings. The minimum absolute atomic E-state index is 0.0721. The summed E-state index contributed by atoms with van der Waals surface area (Å²) >= 11 is 0. The van der Waals surface area contributed by atoms with Crippen LogP contribution < -0.4 is 10.2 Å². The van der Waals surface area contributed by atoms with Crippen LogP contribution in [0.3, 0.4) is 0 Å². The summed E-state index contributed by atoms with van der Waals surface area (Å²) in [4.78, 5) is 17.4. The van der Waals surface area contributed by atoms with Crippen LogP contribution in [0.5, 0.6) is 0 Å². The topological polar surface area (TPSA) is 35.6 Å². The standard InChI is InChI=1S/C26H29N3O/c1-20-3-11-24(12-4-20)27-26(30)23-9-7-22(8-10-23)19-28-15-17-29(18-16-28)25-13-5-21(2)6-14-25/h3-14H,15-19H2,1-2H3,(H,27,30). The first-order valence-corrected chi connectivity index (χ1v) is 10.6. The first-order valence-electron chi connectivity index (χ1n) is 10.6. The Bertz CT molecular complexity index is 970. The van der Waals surface area contributed by atoms with Crippen LogP contribution in [-0.4, -0.2) is 37.0 Å². The molecule has 0 aliphatic carbocycles. The van der Waals surface area contributed by atoms with Gasteiger partial charge in [-0.3, -0.25) is 9.69 Å². The second-order valence-electron chi connectivity index (χ2n) is 8.12. The number of hydrogen-bond donors (Lipinski definition) is 1. The molecule has 1 fully saturated rings. The highest BCUT2D eigenvalue weighted by Gasteiger charge is 2.17. The van der Waals surface area contributed by atoms with Gasteiger partial charge in [0.25, 0.3) is 5.91 Å². The molecular formula is C26H29N3O. The summed E-state index contributed by atoms with van der Waals surface area (Å²) in [5.74, 6) is -0.0721. The Morgan fingerprint density at radius 3 is 1.93 bits per heavy atom. The van der Waals surface area contributed by atoms with Crippen LogP contribution in [0.25, 0.3) is 0 Å².